The summed E-state index contributed by atoms with van der Waals surface area (Å²) in [6.45, 7) is 7.24. The van der Waals surface area contributed by atoms with Gasteiger partial charge in [0.15, 0.2) is 0 Å². The maximum atomic E-state index is 6.00. The van der Waals surface area contributed by atoms with Gasteiger partial charge in [-0.25, -0.2) is 4.98 Å². The predicted octanol–water partition coefficient (Wildman–Crippen LogP) is 2.44. The molecule has 1 rings (SSSR count). The Hall–Kier alpha value is -1.13. The van der Waals surface area contributed by atoms with Crippen molar-refractivity contribution < 1.29 is 4.74 Å². The number of nitrogens with two attached hydrogens (primary N) is 1. The Morgan fingerprint density at radius 3 is 2.72 bits per heavy atom. The van der Waals surface area contributed by atoms with Gasteiger partial charge in [0, 0.05) is 18.9 Å². The second-order valence-corrected chi connectivity index (χ2v) is 4.60. The highest BCUT2D eigenvalue weighted by Gasteiger charge is 2.23. The van der Waals surface area contributed by atoms with Crippen LogP contribution in [0.25, 0.3) is 0 Å². The molecule has 0 aromatic carbocycles. The van der Waals surface area contributed by atoms with Crippen LogP contribution in [0.15, 0.2) is 12.3 Å². The van der Waals surface area contributed by atoms with E-state index < -0.39 is 0 Å². The van der Waals surface area contributed by atoms with Gasteiger partial charge >= 0.3 is 0 Å². The quantitative estimate of drug-likeness (QED) is 0.781. The molecule has 0 amide bonds. The molecule has 4 nitrogen and oxygen atoms in total. The van der Waals surface area contributed by atoms with Crippen molar-refractivity contribution in [1.29, 1.82) is 0 Å². The number of nitrogen functional groups attached to an aromatic ring is 1. The van der Waals surface area contributed by atoms with E-state index in [1.807, 2.05) is 6.92 Å². The Balaban J connectivity index is 3.03. The van der Waals surface area contributed by atoms with Crippen molar-refractivity contribution in [2.45, 2.75) is 45.8 Å². The molecular formula is C14H25N3O. The van der Waals surface area contributed by atoms with Gasteiger partial charge in [-0.15, -0.1) is 0 Å². The second-order valence-electron chi connectivity index (χ2n) is 4.60. The zero-order chi connectivity index (χ0) is 13.5. The Labute approximate surface area is 110 Å². The number of nitrogens with zero attached hydrogens (tertiary/aromatic N) is 1. The van der Waals surface area contributed by atoms with Crippen molar-refractivity contribution in [2.24, 2.45) is 0 Å². The van der Waals surface area contributed by atoms with Gasteiger partial charge in [0.05, 0.1) is 12.1 Å². The molecule has 2 atom stereocenters. The van der Waals surface area contributed by atoms with Crippen molar-refractivity contribution in [2.75, 3.05) is 19.4 Å². The van der Waals surface area contributed by atoms with Crippen LogP contribution < -0.4 is 11.1 Å². The lowest BCUT2D eigenvalue weighted by atomic mass is 9.98. The molecule has 4 heteroatoms. The smallest absolute Gasteiger partial charge is 0.128 e. The third-order valence-corrected chi connectivity index (χ3v) is 3.11. The number of aromatic nitrogens is 1. The summed E-state index contributed by atoms with van der Waals surface area (Å²) in [6.07, 6.45) is 3.92. The first-order valence-corrected chi connectivity index (χ1v) is 6.62. The Bertz CT molecular complexity index is 364. The summed E-state index contributed by atoms with van der Waals surface area (Å²) in [7, 11) is 1.74. The average Bonchev–Trinajstić information content (AvgIpc) is 2.38. The molecule has 0 saturated carbocycles. The second kappa shape index (κ2) is 7.34. The number of hydrogen-bond acceptors (Lipinski definition) is 4. The van der Waals surface area contributed by atoms with E-state index in [-0.39, 0.29) is 12.1 Å². The number of pyridine rings is 1. The van der Waals surface area contributed by atoms with Crippen molar-refractivity contribution in [3.8, 4) is 0 Å². The van der Waals surface area contributed by atoms with Crippen molar-refractivity contribution in [3.05, 3.63) is 23.4 Å². The summed E-state index contributed by atoms with van der Waals surface area (Å²) in [4.78, 5) is 4.24. The molecule has 2 unspecified atom stereocenters. The van der Waals surface area contributed by atoms with E-state index >= 15 is 0 Å². The van der Waals surface area contributed by atoms with E-state index in [1.54, 1.807) is 13.3 Å². The van der Waals surface area contributed by atoms with Gasteiger partial charge in [-0.1, -0.05) is 13.8 Å². The Morgan fingerprint density at radius 1 is 1.44 bits per heavy atom. The molecule has 0 spiro atoms. The van der Waals surface area contributed by atoms with E-state index in [1.165, 1.54) is 0 Å². The maximum Gasteiger partial charge on any atom is 0.128 e. The lowest BCUT2D eigenvalue weighted by Gasteiger charge is -2.27. The van der Waals surface area contributed by atoms with Gasteiger partial charge < -0.3 is 15.8 Å². The standard InChI is InChI=1S/C14H25N3O/c1-5-7-16-13(12(6-2)18-4)11-8-10(3)9-17-14(11)15/h8-9,12-13,16H,5-7H2,1-4H3,(H2,15,17). The van der Waals surface area contributed by atoms with E-state index in [9.17, 15) is 0 Å². The largest absolute Gasteiger partial charge is 0.383 e. The molecular weight excluding hydrogens is 226 g/mol. The topological polar surface area (TPSA) is 60.2 Å². The highest BCUT2D eigenvalue weighted by Crippen LogP contribution is 2.25. The van der Waals surface area contributed by atoms with E-state index in [0.717, 1.165) is 30.5 Å². The summed E-state index contributed by atoms with van der Waals surface area (Å²) in [6, 6.07) is 2.20. The number of methoxy groups -OCH3 is 1. The Morgan fingerprint density at radius 2 is 2.17 bits per heavy atom. The molecule has 102 valence electrons. The highest BCUT2D eigenvalue weighted by atomic mass is 16.5. The van der Waals surface area contributed by atoms with Crippen molar-refractivity contribution in [3.63, 3.8) is 0 Å². The van der Waals surface area contributed by atoms with Crippen LogP contribution >= 0.6 is 0 Å². The number of hydrogen-bond donors (Lipinski definition) is 2. The van der Waals surface area contributed by atoms with Gasteiger partial charge in [-0.2, -0.15) is 0 Å². The van der Waals surface area contributed by atoms with Crippen LogP contribution in [-0.4, -0.2) is 24.7 Å². The first-order chi connectivity index (χ1) is 8.63. The van der Waals surface area contributed by atoms with Crippen molar-refractivity contribution >= 4 is 5.82 Å². The molecule has 1 aromatic rings. The Kier molecular flexibility index (Phi) is 6.09. The SMILES string of the molecule is CCCNC(c1cc(C)cnc1N)C(CC)OC. The molecule has 0 aliphatic rings. The van der Waals surface area contributed by atoms with Crippen LogP contribution in [0.4, 0.5) is 5.82 Å². The summed E-state index contributed by atoms with van der Waals surface area (Å²) in [5.74, 6) is 0.588. The third kappa shape index (κ3) is 3.68. The highest BCUT2D eigenvalue weighted by molar-refractivity contribution is 5.43. The van der Waals surface area contributed by atoms with Gasteiger partial charge in [-0.05, 0) is 37.9 Å². The van der Waals surface area contributed by atoms with Gasteiger partial charge in [0.2, 0.25) is 0 Å². The lowest BCUT2D eigenvalue weighted by molar-refractivity contribution is 0.0652. The molecule has 3 N–H and O–H groups in total. The lowest BCUT2D eigenvalue weighted by Crippen LogP contribution is -2.34. The van der Waals surface area contributed by atoms with Gasteiger partial charge in [0.1, 0.15) is 5.82 Å². The fourth-order valence-corrected chi connectivity index (χ4v) is 2.13. The molecule has 18 heavy (non-hydrogen) atoms. The van der Waals surface area contributed by atoms with Crippen molar-refractivity contribution in [1.82, 2.24) is 10.3 Å². The molecule has 1 aromatic heterocycles. The number of ether oxygens (including phenoxy) is 1. The maximum absolute atomic E-state index is 6.00. The van der Waals surface area contributed by atoms with Crippen LogP contribution in [0.2, 0.25) is 0 Å². The molecule has 0 fully saturated rings. The number of aryl methyl sites for hydroxylation is 1. The van der Waals surface area contributed by atoms with Crippen LogP contribution in [0.3, 0.4) is 0 Å². The van der Waals surface area contributed by atoms with E-state index in [2.05, 4.69) is 30.2 Å². The van der Waals surface area contributed by atoms with Crippen LogP contribution in [0.1, 0.15) is 43.9 Å². The minimum Gasteiger partial charge on any atom is -0.383 e. The normalized spacial score (nSPS) is 14.4. The van der Waals surface area contributed by atoms with Gasteiger partial charge in [0.25, 0.3) is 0 Å². The van der Waals surface area contributed by atoms with E-state index in [4.69, 9.17) is 10.5 Å². The predicted molar refractivity (Wildman–Crippen MR) is 75.5 cm³/mol. The van der Waals surface area contributed by atoms with Crippen LogP contribution in [0.5, 0.6) is 0 Å². The summed E-state index contributed by atoms with van der Waals surface area (Å²) >= 11 is 0. The summed E-state index contributed by atoms with van der Waals surface area (Å²) < 4.78 is 5.56. The first-order valence-electron chi connectivity index (χ1n) is 6.62. The monoisotopic (exact) mass is 251 g/mol. The molecule has 0 radical (unpaired) electrons. The third-order valence-electron chi connectivity index (χ3n) is 3.11. The molecule has 1 heterocycles. The van der Waals surface area contributed by atoms with Gasteiger partial charge in [-0.3, -0.25) is 0 Å². The zero-order valence-corrected chi connectivity index (χ0v) is 11.9. The molecule has 0 saturated heterocycles. The fourth-order valence-electron chi connectivity index (χ4n) is 2.13. The minimum absolute atomic E-state index is 0.104. The van der Waals surface area contributed by atoms with E-state index in [0.29, 0.717) is 5.82 Å². The summed E-state index contributed by atoms with van der Waals surface area (Å²) in [5.41, 5.74) is 8.16. The van der Waals surface area contributed by atoms with Crippen LogP contribution in [0, 0.1) is 6.92 Å². The summed E-state index contributed by atoms with van der Waals surface area (Å²) in [5, 5.41) is 3.51. The minimum atomic E-state index is 0.104. The molecule has 0 aliphatic carbocycles. The molecule has 0 bridgehead atoms. The first kappa shape index (κ1) is 14.9. The zero-order valence-electron chi connectivity index (χ0n) is 11.9. The molecule has 0 aliphatic heterocycles. The number of nitrogens with one attached hydrogen (secondary N) is 1. The number of rotatable bonds is 7. The number of anilines is 1. The average molecular weight is 251 g/mol. The fraction of sp³-hybridized carbons (Fsp3) is 0.643. The van der Waals surface area contributed by atoms with Crippen LogP contribution in [-0.2, 0) is 4.74 Å².